The third-order valence-electron chi connectivity index (χ3n) is 1.95. The van der Waals surface area contributed by atoms with Crippen LogP contribution in [0.25, 0.3) is 0 Å². The van der Waals surface area contributed by atoms with Crippen molar-refractivity contribution in [2.24, 2.45) is 5.73 Å². The molecule has 0 aliphatic heterocycles. The third-order valence-corrected chi connectivity index (χ3v) is 1.95. The molecule has 4 heteroatoms. The van der Waals surface area contributed by atoms with Gasteiger partial charge in [0.2, 0.25) is 5.91 Å². The van der Waals surface area contributed by atoms with Crippen LogP contribution in [0.2, 0.25) is 0 Å². The molecular weight excluding hydrogens is 178 g/mol. The minimum Gasteiger partial charge on any atom is -0.344 e. The van der Waals surface area contributed by atoms with Crippen molar-refractivity contribution in [2.75, 3.05) is 27.2 Å². The van der Waals surface area contributed by atoms with E-state index in [0.29, 0.717) is 13.0 Å². The molecule has 0 radical (unpaired) electrons. The fourth-order valence-electron chi connectivity index (χ4n) is 1.10. The third kappa shape index (κ3) is 4.85. The summed E-state index contributed by atoms with van der Waals surface area (Å²) in [5, 5.41) is 3.01. The molecular formula is C10H19N3O. The number of carbonyl (C=O) groups excluding carboxylic acids is 1. The maximum Gasteiger partial charge on any atom is 0.240 e. The zero-order chi connectivity index (χ0) is 11.0. The first-order valence-corrected chi connectivity index (χ1v) is 4.72. The summed E-state index contributed by atoms with van der Waals surface area (Å²) in [6.45, 7) is 1.60. The van der Waals surface area contributed by atoms with E-state index in [1.165, 1.54) is 0 Å². The average Bonchev–Trinajstić information content (AvgIpc) is 2.17. The van der Waals surface area contributed by atoms with Crippen molar-refractivity contribution in [3.63, 3.8) is 0 Å². The Labute approximate surface area is 85.8 Å². The molecule has 1 atom stereocenters. The molecule has 4 nitrogen and oxygen atoms in total. The van der Waals surface area contributed by atoms with Gasteiger partial charge in [0, 0.05) is 20.0 Å². The summed E-state index contributed by atoms with van der Waals surface area (Å²) in [6, 6.07) is -0.556. The summed E-state index contributed by atoms with van der Waals surface area (Å²) in [5.74, 6) is 2.30. The second-order valence-electron chi connectivity index (χ2n) is 3.23. The predicted molar refractivity (Wildman–Crippen MR) is 57.6 cm³/mol. The van der Waals surface area contributed by atoms with Gasteiger partial charge in [-0.2, -0.15) is 0 Å². The van der Waals surface area contributed by atoms with Gasteiger partial charge in [0.15, 0.2) is 0 Å². The van der Waals surface area contributed by atoms with Crippen LogP contribution < -0.4 is 11.1 Å². The van der Waals surface area contributed by atoms with E-state index in [1.54, 1.807) is 11.9 Å². The lowest BCUT2D eigenvalue weighted by Crippen LogP contribution is -2.42. The van der Waals surface area contributed by atoms with Crippen molar-refractivity contribution in [3.8, 4) is 12.3 Å². The summed E-state index contributed by atoms with van der Waals surface area (Å²) in [6.07, 6.45) is 6.30. The number of nitrogens with zero attached hydrogens (tertiary/aromatic N) is 1. The Bertz CT molecular complexity index is 210. The van der Waals surface area contributed by atoms with Crippen molar-refractivity contribution >= 4 is 5.91 Å². The molecule has 0 aliphatic rings. The van der Waals surface area contributed by atoms with E-state index in [-0.39, 0.29) is 5.91 Å². The first-order valence-electron chi connectivity index (χ1n) is 4.72. The standard InChI is InChI=1S/C10H19N3O/c1-4-6-9(11)10(14)13(3)8-5-7-12-2/h1,9,12H,5-8,11H2,2-3H3. The van der Waals surface area contributed by atoms with Gasteiger partial charge < -0.3 is 16.0 Å². The highest BCUT2D eigenvalue weighted by Gasteiger charge is 2.15. The summed E-state index contributed by atoms with van der Waals surface area (Å²) >= 11 is 0. The van der Waals surface area contributed by atoms with Gasteiger partial charge >= 0.3 is 0 Å². The van der Waals surface area contributed by atoms with Crippen LogP contribution in [0.4, 0.5) is 0 Å². The SMILES string of the molecule is C#CCC(N)C(=O)N(C)CCCNC. The van der Waals surface area contributed by atoms with Crippen molar-refractivity contribution in [1.29, 1.82) is 0 Å². The molecule has 0 aliphatic carbocycles. The molecule has 80 valence electrons. The number of hydrogen-bond donors (Lipinski definition) is 2. The summed E-state index contributed by atoms with van der Waals surface area (Å²) in [5.41, 5.74) is 5.58. The lowest BCUT2D eigenvalue weighted by molar-refractivity contribution is -0.131. The highest BCUT2D eigenvalue weighted by Crippen LogP contribution is 1.95. The molecule has 0 aromatic heterocycles. The second-order valence-corrected chi connectivity index (χ2v) is 3.23. The number of nitrogens with two attached hydrogens (primary N) is 1. The number of carbonyl (C=O) groups is 1. The van der Waals surface area contributed by atoms with Gasteiger partial charge in [-0.3, -0.25) is 4.79 Å². The summed E-state index contributed by atoms with van der Waals surface area (Å²) in [7, 11) is 3.63. The van der Waals surface area contributed by atoms with Crippen LogP contribution in [-0.2, 0) is 4.79 Å². The highest BCUT2D eigenvalue weighted by molar-refractivity contribution is 5.81. The van der Waals surface area contributed by atoms with E-state index in [1.807, 2.05) is 7.05 Å². The molecule has 0 aromatic rings. The van der Waals surface area contributed by atoms with E-state index in [2.05, 4.69) is 11.2 Å². The van der Waals surface area contributed by atoms with Gasteiger partial charge in [0.05, 0.1) is 6.04 Å². The van der Waals surface area contributed by atoms with Crippen LogP contribution in [0.15, 0.2) is 0 Å². The lowest BCUT2D eigenvalue weighted by atomic mass is 10.2. The number of terminal acetylenes is 1. The van der Waals surface area contributed by atoms with Gasteiger partial charge in [0.25, 0.3) is 0 Å². The van der Waals surface area contributed by atoms with E-state index in [9.17, 15) is 4.79 Å². The highest BCUT2D eigenvalue weighted by atomic mass is 16.2. The Morgan fingerprint density at radius 3 is 2.86 bits per heavy atom. The number of nitrogens with one attached hydrogen (secondary N) is 1. The van der Waals surface area contributed by atoms with E-state index >= 15 is 0 Å². The molecule has 0 fully saturated rings. The van der Waals surface area contributed by atoms with Gasteiger partial charge in [-0.15, -0.1) is 12.3 Å². The van der Waals surface area contributed by atoms with Crippen molar-refractivity contribution in [3.05, 3.63) is 0 Å². The average molecular weight is 197 g/mol. The Morgan fingerprint density at radius 1 is 1.71 bits per heavy atom. The Hall–Kier alpha value is -1.05. The zero-order valence-electron chi connectivity index (χ0n) is 8.92. The van der Waals surface area contributed by atoms with Crippen LogP contribution >= 0.6 is 0 Å². The van der Waals surface area contributed by atoms with Gasteiger partial charge in [-0.05, 0) is 20.0 Å². The molecule has 0 spiro atoms. The smallest absolute Gasteiger partial charge is 0.240 e. The molecule has 1 unspecified atom stereocenters. The topological polar surface area (TPSA) is 58.4 Å². The van der Waals surface area contributed by atoms with Crippen molar-refractivity contribution in [1.82, 2.24) is 10.2 Å². The van der Waals surface area contributed by atoms with Crippen LogP contribution in [0.1, 0.15) is 12.8 Å². The normalized spacial score (nSPS) is 11.9. The summed E-state index contributed by atoms with van der Waals surface area (Å²) in [4.78, 5) is 13.1. The van der Waals surface area contributed by atoms with Crippen LogP contribution in [0.3, 0.4) is 0 Å². The van der Waals surface area contributed by atoms with Crippen LogP contribution in [0, 0.1) is 12.3 Å². The monoisotopic (exact) mass is 197 g/mol. The number of amides is 1. The Balaban J connectivity index is 3.81. The Morgan fingerprint density at radius 2 is 2.36 bits per heavy atom. The zero-order valence-corrected chi connectivity index (χ0v) is 8.92. The number of rotatable bonds is 6. The van der Waals surface area contributed by atoms with Gasteiger partial charge in [0.1, 0.15) is 0 Å². The molecule has 0 saturated carbocycles. The van der Waals surface area contributed by atoms with Crippen molar-refractivity contribution in [2.45, 2.75) is 18.9 Å². The van der Waals surface area contributed by atoms with Crippen LogP contribution in [0.5, 0.6) is 0 Å². The molecule has 3 N–H and O–H groups in total. The van der Waals surface area contributed by atoms with Gasteiger partial charge in [-0.25, -0.2) is 0 Å². The molecule has 1 amide bonds. The maximum absolute atomic E-state index is 11.5. The maximum atomic E-state index is 11.5. The van der Waals surface area contributed by atoms with E-state index in [0.717, 1.165) is 13.0 Å². The van der Waals surface area contributed by atoms with Crippen molar-refractivity contribution < 1.29 is 4.79 Å². The fraction of sp³-hybridized carbons (Fsp3) is 0.700. The largest absolute Gasteiger partial charge is 0.344 e. The molecule has 0 aromatic carbocycles. The number of likely N-dealkylation sites (N-methyl/N-ethyl adjacent to an activating group) is 1. The molecule has 0 saturated heterocycles. The van der Waals surface area contributed by atoms with Gasteiger partial charge in [-0.1, -0.05) is 0 Å². The second kappa shape index (κ2) is 7.36. The quantitative estimate of drug-likeness (QED) is 0.442. The Kier molecular flexibility index (Phi) is 6.81. The molecule has 0 rings (SSSR count). The first kappa shape index (κ1) is 12.9. The fourth-order valence-corrected chi connectivity index (χ4v) is 1.10. The molecule has 0 bridgehead atoms. The van der Waals surface area contributed by atoms with E-state index in [4.69, 9.17) is 12.2 Å². The predicted octanol–water partition coefficient (Wildman–Crippen LogP) is -0.595. The number of hydrogen-bond acceptors (Lipinski definition) is 3. The first-order chi connectivity index (χ1) is 6.63. The summed E-state index contributed by atoms with van der Waals surface area (Å²) < 4.78 is 0. The van der Waals surface area contributed by atoms with Crippen LogP contribution in [-0.4, -0.2) is 44.0 Å². The van der Waals surface area contributed by atoms with E-state index < -0.39 is 6.04 Å². The lowest BCUT2D eigenvalue weighted by Gasteiger charge is -2.20. The minimum atomic E-state index is -0.556. The molecule has 14 heavy (non-hydrogen) atoms. The minimum absolute atomic E-state index is 0.0842. The molecule has 0 heterocycles.